The number of carbonyl (C=O) groups excluding carboxylic acids is 1. The number of carbonyl (C=O) groups is 2. The number of esters is 1. The number of carboxylic acids is 1. The summed E-state index contributed by atoms with van der Waals surface area (Å²) in [6.07, 6.45) is 0. The van der Waals surface area contributed by atoms with Crippen molar-refractivity contribution in [2.75, 3.05) is 0 Å². The Morgan fingerprint density at radius 2 is 1.74 bits per heavy atom. The Balaban J connectivity index is 2.18. The van der Waals surface area contributed by atoms with Gasteiger partial charge in [-0.25, -0.2) is 13.6 Å². The van der Waals surface area contributed by atoms with Gasteiger partial charge in [-0.05, 0) is 42.3 Å². The molecule has 6 nitrogen and oxygen atoms in total. The predicted molar refractivity (Wildman–Crippen MR) is 107 cm³/mol. The fourth-order valence-corrected chi connectivity index (χ4v) is 3.44. The van der Waals surface area contributed by atoms with Crippen molar-refractivity contribution < 1.29 is 32.6 Å². The lowest BCUT2D eigenvalue weighted by Gasteiger charge is -2.18. The Bertz CT molecular complexity index is 1420. The molecule has 1 aliphatic carbocycles. The quantitative estimate of drug-likeness (QED) is 0.289. The molecule has 31 heavy (non-hydrogen) atoms. The first-order valence-corrected chi connectivity index (χ1v) is 9.08. The van der Waals surface area contributed by atoms with Gasteiger partial charge in [0.15, 0.2) is 17.4 Å². The summed E-state index contributed by atoms with van der Waals surface area (Å²) in [6.45, 7) is 2.82. The van der Waals surface area contributed by atoms with Crippen LogP contribution in [0, 0.1) is 18.6 Å². The van der Waals surface area contributed by atoms with E-state index in [2.05, 4.69) is 0 Å². The molecule has 1 N–H and O–H groups in total. The normalized spacial score (nSPS) is 11.1. The highest BCUT2D eigenvalue weighted by Crippen LogP contribution is 2.43. The van der Waals surface area contributed by atoms with Gasteiger partial charge in [0.1, 0.15) is 11.3 Å². The summed E-state index contributed by atoms with van der Waals surface area (Å²) in [5, 5.41) is 9.58. The van der Waals surface area contributed by atoms with Gasteiger partial charge in [0, 0.05) is 35.6 Å². The van der Waals surface area contributed by atoms with Gasteiger partial charge in [-0.2, -0.15) is 0 Å². The van der Waals surface area contributed by atoms with E-state index in [4.69, 9.17) is 9.15 Å². The van der Waals surface area contributed by atoms with Crippen LogP contribution in [0.25, 0.3) is 33.4 Å². The highest BCUT2D eigenvalue weighted by molar-refractivity contribution is 6.04. The van der Waals surface area contributed by atoms with Crippen molar-refractivity contribution in [2.45, 2.75) is 13.8 Å². The Morgan fingerprint density at radius 1 is 1.00 bits per heavy atom. The van der Waals surface area contributed by atoms with Crippen molar-refractivity contribution in [3.8, 4) is 28.2 Å². The predicted octanol–water partition coefficient (Wildman–Crippen LogP) is 4.77. The molecule has 0 unspecified atom stereocenters. The molecule has 0 aromatic heterocycles. The molecule has 0 atom stereocenters. The van der Waals surface area contributed by atoms with Crippen LogP contribution in [0.2, 0.25) is 0 Å². The van der Waals surface area contributed by atoms with Crippen molar-refractivity contribution in [3.63, 3.8) is 0 Å². The lowest BCUT2D eigenvalue weighted by Crippen LogP contribution is -2.07. The van der Waals surface area contributed by atoms with Crippen molar-refractivity contribution in [2.24, 2.45) is 0 Å². The van der Waals surface area contributed by atoms with E-state index >= 15 is 0 Å². The number of benzene rings is 3. The van der Waals surface area contributed by atoms with Gasteiger partial charge >= 0.3 is 11.9 Å². The van der Waals surface area contributed by atoms with Gasteiger partial charge in [0.05, 0.1) is 5.56 Å². The summed E-state index contributed by atoms with van der Waals surface area (Å²) in [6, 6.07) is 8.50. The van der Waals surface area contributed by atoms with Crippen LogP contribution in [0.15, 0.2) is 51.7 Å². The summed E-state index contributed by atoms with van der Waals surface area (Å²) in [5.74, 6) is -4.19. The molecular weight excluding hydrogens is 410 g/mol. The maximum absolute atomic E-state index is 14.7. The van der Waals surface area contributed by atoms with E-state index in [0.717, 1.165) is 31.2 Å². The van der Waals surface area contributed by atoms with E-state index in [1.54, 1.807) is 13.0 Å². The number of hydrogen-bond acceptors (Lipinski definition) is 5. The second kappa shape index (κ2) is 7.32. The summed E-state index contributed by atoms with van der Waals surface area (Å²) in [4.78, 5) is 34.6. The first kappa shape index (κ1) is 20.2. The van der Waals surface area contributed by atoms with Crippen molar-refractivity contribution >= 4 is 22.9 Å². The summed E-state index contributed by atoms with van der Waals surface area (Å²) in [5.41, 5.74) is 0.601. The van der Waals surface area contributed by atoms with E-state index < -0.39 is 29.0 Å². The lowest BCUT2D eigenvalue weighted by atomic mass is 9.90. The number of fused-ring (bicyclic) bond motifs is 2. The Morgan fingerprint density at radius 3 is 2.42 bits per heavy atom. The number of aromatic carboxylic acids is 1. The summed E-state index contributed by atoms with van der Waals surface area (Å²) in [7, 11) is 0. The summed E-state index contributed by atoms with van der Waals surface area (Å²) < 4.78 is 39.4. The van der Waals surface area contributed by atoms with E-state index in [1.165, 1.54) is 12.1 Å². The molecule has 0 amide bonds. The van der Waals surface area contributed by atoms with Gasteiger partial charge in [-0.3, -0.25) is 9.59 Å². The van der Waals surface area contributed by atoms with Crippen molar-refractivity contribution in [1.29, 1.82) is 0 Å². The van der Waals surface area contributed by atoms with Gasteiger partial charge < -0.3 is 14.3 Å². The number of halogens is 2. The highest BCUT2D eigenvalue weighted by atomic mass is 19.1. The minimum absolute atomic E-state index is 0.00871. The molecule has 2 aromatic rings. The molecule has 2 aromatic carbocycles. The molecular formula is C23H14F2O6. The minimum atomic E-state index is -1.17. The largest absolute Gasteiger partial charge is 0.478 e. The molecule has 0 radical (unpaired) electrons. The number of carboxylic acid groups (broad SMARTS) is 1. The maximum Gasteiger partial charge on any atom is 0.335 e. The zero-order valence-electron chi connectivity index (χ0n) is 16.3. The minimum Gasteiger partial charge on any atom is -0.478 e. The molecule has 0 fully saturated rings. The number of rotatable bonds is 3. The van der Waals surface area contributed by atoms with E-state index in [9.17, 15) is 28.3 Å². The first-order valence-electron chi connectivity index (χ1n) is 9.08. The van der Waals surface area contributed by atoms with Crippen molar-refractivity contribution in [3.05, 3.63) is 75.4 Å². The smallest absolute Gasteiger partial charge is 0.335 e. The van der Waals surface area contributed by atoms with E-state index in [0.29, 0.717) is 11.1 Å². The number of aryl methyl sites for hydroxylation is 1. The van der Waals surface area contributed by atoms with Crippen LogP contribution in [0.4, 0.5) is 8.78 Å². The molecule has 1 aliphatic heterocycles. The zero-order chi connectivity index (χ0) is 22.4. The second-order valence-corrected chi connectivity index (χ2v) is 6.96. The molecule has 0 bridgehead atoms. The third-order valence-corrected chi connectivity index (χ3v) is 4.83. The molecule has 156 valence electrons. The number of hydrogen-bond donors (Lipinski definition) is 1. The zero-order valence-corrected chi connectivity index (χ0v) is 16.3. The van der Waals surface area contributed by atoms with Crippen LogP contribution < -0.4 is 10.2 Å². The molecule has 2 aliphatic rings. The topological polar surface area (TPSA) is 93.8 Å². The van der Waals surface area contributed by atoms with Crippen molar-refractivity contribution in [1.82, 2.24) is 0 Å². The maximum atomic E-state index is 14.7. The fraction of sp³-hybridized carbons (Fsp3) is 0.0870. The van der Waals surface area contributed by atoms with Gasteiger partial charge in [0.25, 0.3) is 0 Å². The van der Waals surface area contributed by atoms with Gasteiger partial charge in [-0.15, -0.1) is 0 Å². The third-order valence-electron chi connectivity index (χ3n) is 4.83. The monoisotopic (exact) mass is 424 g/mol. The Kier molecular flexibility index (Phi) is 4.77. The van der Waals surface area contributed by atoms with Gasteiger partial charge in [0.2, 0.25) is 5.43 Å². The average molecular weight is 424 g/mol. The Hall–Kier alpha value is -4.07. The second-order valence-electron chi connectivity index (χ2n) is 6.96. The SMILES string of the molecule is CC(=O)Oc1cc2oc3cc(=O)c(F)cc-3c(-c3cc(C(=O)O)ccc3C)c2cc1F. The lowest BCUT2D eigenvalue weighted by molar-refractivity contribution is -0.132. The highest BCUT2D eigenvalue weighted by Gasteiger charge is 2.23. The van der Waals surface area contributed by atoms with Crippen LogP contribution in [-0.4, -0.2) is 17.0 Å². The van der Waals surface area contributed by atoms with Gasteiger partial charge in [-0.1, -0.05) is 6.07 Å². The summed E-state index contributed by atoms with van der Waals surface area (Å²) >= 11 is 0. The van der Waals surface area contributed by atoms with E-state index in [1.807, 2.05) is 0 Å². The molecule has 0 saturated heterocycles. The van der Waals surface area contributed by atoms with E-state index in [-0.39, 0.29) is 39.2 Å². The van der Waals surface area contributed by atoms with Crippen LogP contribution in [0.5, 0.6) is 5.75 Å². The van der Waals surface area contributed by atoms with Crippen LogP contribution in [-0.2, 0) is 4.79 Å². The van der Waals surface area contributed by atoms with Crippen LogP contribution in [0.3, 0.4) is 0 Å². The molecule has 4 rings (SSSR count). The molecule has 1 heterocycles. The number of ether oxygens (including phenoxy) is 1. The van der Waals surface area contributed by atoms with Crippen LogP contribution in [0.1, 0.15) is 22.8 Å². The average Bonchev–Trinajstić information content (AvgIpc) is 2.69. The Labute approximate surface area is 173 Å². The molecule has 8 heteroatoms. The third kappa shape index (κ3) is 3.52. The molecule has 0 saturated carbocycles. The molecule has 0 spiro atoms. The fourth-order valence-electron chi connectivity index (χ4n) is 3.44. The van der Waals surface area contributed by atoms with Crippen LogP contribution >= 0.6 is 0 Å². The standard InChI is InChI=1S/C23H14F2O6/c1-10-3-4-12(23(28)29)5-13(10)22-14-6-16(24)18(27)8-19(14)31-20-9-21(30-11(2)26)17(25)7-15(20)22/h3-9H,1-2H3,(H,28,29). The first-order chi connectivity index (χ1) is 14.7.